The summed E-state index contributed by atoms with van der Waals surface area (Å²) in [6, 6.07) is 1.78. The second-order valence-corrected chi connectivity index (χ2v) is 3.54. The van der Waals surface area contributed by atoms with Gasteiger partial charge in [-0.05, 0) is 18.9 Å². The Kier molecular flexibility index (Phi) is 3.12. The third kappa shape index (κ3) is 2.61. The van der Waals surface area contributed by atoms with Crippen molar-refractivity contribution in [3.63, 3.8) is 0 Å². The summed E-state index contributed by atoms with van der Waals surface area (Å²) in [5.74, 6) is 0.746. The first-order chi connectivity index (χ1) is 6.11. The van der Waals surface area contributed by atoms with Crippen molar-refractivity contribution in [2.75, 3.05) is 6.54 Å². The van der Waals surface area contributed by atoms with Crippen LogP contribution in [-0.4, -0.2) is 12.5 Å². The molecule has 1 aromatic rings. The maximum absolute atomic E-state index is 11.4. The van der Waals surface area contributed by atoms with Crippen molar-refractivity contribution in [2.24, 2.45) is 5.92 Å². The quantitative estimate of drug-likeness (QED) is 0.774. The lowest BCUT2D eigenvalue weighted by atomic mass is 10.2. The van der Waals surface area contributed by atoms with Crippen LogP contribution in [0.4, 0.5) is 0 Å². The predicted octanol–water partition coefficient (Wildman–Crippen LogP) is 1.97. The van der Waals surface area contributed by atoms with Gasteiger partial charge in [-0.15, -0.1) is 0 Å². The minimum Gasteiger partial charge on any atom is -0.459 e. The molecule has 1 heterocycles. The van der Waals surface area contributed by atoms with Gasteiger partial charge in [-0.25, -0.2) is 0 Å². The molecule has 0 bridgehead atoms. The van der Waals surface area contributed by atoms with E-state index in [1.54, 1.807) is 6.07 Å². The van der Waals surface area contributed by atoms with Gasteiger partial charge in [0.1, 0.15) is 0 Å². The molecule has 0 aliphatic rings. The van der Waals surface area contributed by atoms with Crippen LogP contribution in [0.2, 0.25) is 0 Å². The first-order valence-corrected chi connectivity index (χ1v) is 4.43. The van der Waals surface area contributed by atoms with Crippen LogP contribution < -0.4 is 5.32 Å². The van der Waals surface area contributed by atoms with Crippen LogP contribution >= 0.6 is 0 Å². The van der Waals surface area contributed by atoms with Gasteiger partial charge < -0.3 is 9.73 Å². The van der Waals surface area contributed by atoms with E-state index in [1.807, 2.05) is 6.92 Å². The SMILES string of the molecule is Cc1ccoc1C(=O)NCC(C)C. The number of amides is 1. The van der Waals surface area contributed by atoms with Gasteiger partial charge >= 0.3 is 0 Å². The lowest BCUT2D eigenvalue weighted by molar-refractivity contribution is 0.0920. The molecule has 13 heavy (non-hydrogen) atoms. The molecule has 1 rings (SSSR count). The Balaban J connectivity index is 2.54. The topological polar surface area (TPSA) is 42.2 Å². The van der Waals surface area contributed by atoms with Gasteiger partial charge in [-0.3, -0.25) is 4.79 Å². The van der Waals surface area contributed by atoms with Crippen molar-refractivity contribution in [2.45, 2.75) is 20.8 Å². The fourth-order valence-electron chi connectivity index (χ4n) is 0.982. The average molecular weight is 181 g/mol. The Hall–Kier alpha value is -1.25. The van der Waals surface area contributed by atoms with Crippen LogP contribution in [0.5, 0.6) is 0 Å². The molecule has 0 radical (unpaired) electrons. The Labute approximate surface area is 78.1 Å². The van der Waals surface area contributed by atoms with Crippen molar-refractivity contribution in [1.29, 1.82) is 0 Å². The zero-order valence-electron chi connectivity index (χ0n) is 8.26. The first-order valence-electron chi connectivity index (χ1n) is 4.43. The molecule has 0 fully saturated rings. The second kappa shape index (κ2) is 4.12. The fourth-order valence-corrected chi connectivity index (χ4v) is 0.982. The number of carbonyl (C=O) groups is 1. The van der Waals surface area contributed by atoms with E-state index in [-0.39, 0.29) is 5.91 Å². The van der Waals surface area contributed by atoms with Gasteiger partial charge in [-0.2, -0.15) is 0 Å². The molecule has 1 aromatic heterocycles. The third-order valence-electron chi connectivity index (χ3n) is 1.74. The Morgan fingerprint density at radius 1 is 1.62 bits per heavy atom. The third-order valence-corrected chi connectivity index (χ3v) is 1.74. The molecule has 0 spiro atoms. The van der Waals surface area contributed by atoms with Crippen LogP contribution in [0.3, 0.4) is 0 Å². The van der Waals surface area contributed by atoms with Crippen molar-refractivity contribution in [3.8, 4) is 0 Å². The molecule has 0 saturated carbocycles. The minimum absolute atomic E-state index is 0.129. The van der Waals surface area contributed by atoms with E-state index in [4.69, 9.17) is 4.42 Å². The summed E-state index contributed by atoms with van der Waals surface area (Å²) < 4.78 is 5.05. The fraction of sp³-hybridized carbons (Fsp3) is 0.500. The van der Waals surface area contributed by atoms with Gasteiger partial charge in [0.2, 0.25) is 0 Å². The predicted molar refractivity (Wildman–Crippen MR) is 50.6 cm³/mol. The molecule has 0 aliphatic carbocycles. The maximum atomic E-state index is 11.4. The summed E-state index contributed by atoms with van der Waals surface area (Å²) in [6.45, 7) is 6.64. The van der Waals surface area contributed by atoms with E-state index in [2.05, 4.69) is 19.2 Å². The largest absolute Gasteiger partial charge is 0.459 e. The number of furan rings is 1. The van der Waals surface area contributed by atoms with Crippen LogP contribution in [0.1, 0.15) is 30.0 Å². The van der Waals surface area contributed by atoms with Crippen molar-refractivity contribution < 1.29 is 9.21 Å². The lowest BCUT2D eigenvalue weighted by Crippen LogP contribution is -2.27. The van der Waals surface area contributed by atoms with E-state index in [0.29, 0.717) is 18.2 Å². The van der Waals surface area contributed by atoms with E-state index in [0.717, 1.165) is 5.56 Å². The molecule has 0 unspecified atom stereocenters. The molecule has 0 aromatic carbocycles. The van der Waals surface area contributed by atoms with Crippen LogP contribution in [0.25, 0.3) is 0 Å². The van der Waals surface area contributed by atoms with Gasteiger partial charge in [0, 0.05) is 12.1 Å². The summed E-state index contributed by atoms with van der Waals surface area (Å²) in [6.07, 6.45) is 1.53. The normalized spacial score (nSPS) is 10.5. The smallest absolute Gasteiger partial charge is 0.287 e. The number of hydrogen-bond donors (Lipinski definition) is 1. The molecule has 0 aliphatic heterocycles. The number of nitrogens with one attached hydrogen (secondary N) is 1. The molecule has 3 nitrogen and oxygen atoms in total. The number of aryl methyl sites for hydroxylation is 1. The zero-order chi connectivity index (χ0) is 9.84. The summed E-state index contributed by atoms with van der Waals surface area (Å²) >= 11 is 0. The van der Waals surface area contributed by atoms with Crippen LogP contribution in [0.15, 0.2) is 16.7 Å². The first kappa shape index (κ1) is 9.84. The number of rotatable bonds is 3. The average Bonchev–Trinajstić information content (AvgIpc) is 2.47. The Bertz CT molecular complexity index is 289. The van der Waals surface area contributed by atoms with E-state index in [9.17, 15) is 4.79 Å². The van der Waals surface area contributed by atoms with Gasteiger partial charge in [-0.1, -0.05) is 13.8 Å². The highest BCUT2D eigenvalue weighted by molar-refractivity contribution is 5.92. The van der Waals surface area contributed by atoms with E-state index < -0.39 is 0 Å². The number of hydrogen-bond acceptors (Lipinski definition) is 2. The molecular weight excluding hydrogens is 166 g/mol. The van der Waals surface area contributed by atoms with Crippen LogP contribution in [-0.2, 0) is 0 Å². The van der Waals surface area contributed by atoms with Crippen molar-refractivity contribution in [3.05, 3.63) is 23.7 Å². The maximum Gasteiger partial charge on any atom is 0.287 e. The summed E-state index contributed by atoms with van der Waals surface area (Å²) in [4.78, 5) is 11.4. The molecule has 72 valence electrons. The summed E-state index contributed by atoms with van der Waals surface area (Å²) in [5, 5.41) is 2.79. The summed E-state index contributed by atoms with van der Waals surface area (Å²) in [5.41, 5.74) is 0.876. The molecule has 1 amide bonds. The van der Waals surface area contributed by atoms with Gasteiger partial charge in [0.25, 0.3) is 5.91 Å². The van der Waals surface area contributed by atoms with Crippen molar-refractivity contribution in [1.82, 2.24) is 5.32 Å². The van der Waals surface area contributed by atoms with Crippen molar-refractivity contribution >= 4 is 5.91 Å². The summed E-state index contributed by atoms with van der Waals surface area (Å²) in [7, 11) is 0. The molecular formula is C10H15NO2. The van der Waals surface area contributed by atoms with Crippen LogP contribution in [0, 0.1) is 12.8 Å². The van der Waals surface area contributed by atoms with Gasteiger partial charge in [0.15, 0.2) is 5.76 Å². The van der Waals surface area contributed by atoms with E-state index in [1.165, 1.54) is 6.26 Å². The highest BCUT2D eigenvalue weighted by atomic mass is 16.3. The standard InChI is InChI=1S/C10H15NO2/c1-7(2)6-11-10(12)9-8(3)4-5-13-9/h4-5,7H,6H2,1-3H3,(H,11,12). The second-order valence-electron chi connectivity index (χ2n) is 3.54. The monoisotopic (exact) mass is 181 g/mol. The lowest BCUT2D eigenvalue weighted by Gasteiger charge is -2.05. The minimum atomic E-state index is -0.129. The number of carbonyl (C=O) groups excluding carboxylic acids is 1. The molecule has 0 atom stereocenters. The van der Waals surface area contributed by atoms with E-state index >= 15 is 0 Å². The molecule has 0 saturated heterocycles. The highest BCUT2D eigenvalue weighted by Crippen LogP contribution is 2.08. The molecule has 1 N–H and O–H groups in total. The Morgan fingerprint density at radius 3 is 2.77 bits per heavy atom. The Morgan fingerprint density at radius 2 is 2.31 bits per heavy atom. The highest BCUT2D eigenvalue weighted by Gasteiger charge is 2.11. The zero-order valence-corrected chi connectivity index (χ0v) is 8.26. The molecule has 3 heteroatoms. The van der Waals surface area contributed by atoms with Gasteiger partial charge in [0.05, 0.1) is 6.26 Å².